The Kier molecular flexibility index (Phi) is 7.72. The third kappa shape index (κ3) is 4.86. The average Bonchev–Trinajstić information content (AvgIpc) is 3.02. The van der Waals surface area contributed by atoms with Crippen LogP contribution in [0.5, 0.6) is 5.75 Å². The fourth-order valence-corrected chi connectivity index (χ4v) is 3.69. The van der Waals surface area contributed by atoms with E-state index in [1.54, 1.807) is 37.4 Å². The number of carbonyl (C=O) groups is 1. The van der Waals surface area contributed by atoms with Crippen LogP contribution in [-0.2, 0) is 4.79 Å². The minimum Gasteiger partial charge on any atom is -0.507 e. The number of benzene rings is 1. The highest BCUT2D eigenvalue weighted by Crippen LogP contribution is 2.34. The highest BCUT2D eigenvalue weighted by Gasteiger charge is 2.25. The van der Waals surface area contributed by atoms with Crippen molar-refractivity contribution in [2.24, 2.45) is 5.73 Å². The van der Waals surface area contributed by atoms with Crippen molar-refractivity contribution < 1.29 is 15.0 Å². The zero-order chi connectivity index (χ0) is 22.4. The number of hydrogen-bond donors (Lipinski definition) is 5. The van der Waals surface area contributed by atoms with Gasteiger partial charge in [0.05, 0.1) is 12.6 Å². The number of rotatable bonds is 9. The molecule has 0 aliphatic heterocycles. The number of anilines is 1. The summed E-state index contributed by atoms with van der Waals surface area (Å²) in [7, 11) is 1.66. The van der Waals surface area contributed by atoms with Crippen LogP contribution < -0.4 is 11.5 Å². The Morgan fingerprint density at radius 3 is 2.60 bits per heavy atom. The normalized spacial score (nSPS) is 13.7. The second-order valence-corrected chi connectivity index (χ2v) is 7.44. The molecular weight excluding hydrogens is 380 g/mol. The third-order valence-corrected chi connectivity index (χ3v) is 5.62. The number of nitrogen functional groups attached to an aromatic ring is 1. The molecule has 1 heterocycles. The average molecular weight is 413 g/mol. The number of aromatic hydroxyl groups is 1. The van der Waals surface area contributed by atoms with Gasteiger partial charge in [0.25, 0.3) is 0 Å². The maximum atomic E-state index is 12.0. The molecule has 0 spiro atoms. The van der Waals surface area contributed by atoms with Gasteiger partial charge in [0.1, 0.15) is 11.6 Å². The van der Waals surface area contributed by atoms with E-state index in [0.29, 0.717) is 23.5 Å². The van der Waals surface area contributed by atoms with E-state index < -0.39 is 0 Å². The summed E-state index contributed by atoms with van der Waals surface area (Å²) in [6.07, 6.45) is 4.36. The second-order valence-electron chi connectivity index (χ2n) is 7.44. The molecule has 0 fully saturated rings. The summed E-state index contributed by atoms with van der Waals surface area (Å²) in [5.41, 5.74) is 16.1. The van der Waals surface area contributed by atoms with E-state index >= 15 is 0 Å². The van der Waals surface area contributed by atoms with Gasteiger partial charge in [0.15, 0.2) is 0 Å². The summed E-state index contributed by atoms with van der Waals surface area (Å²) < 4.78 is 0. The molecule has 7 nitrogen and oxygen atoms in total. The van der Waals surface area contributed by atoms with Gasteiger partial charge in [0, 0.05) is 35.5 Å². The molecule has 2 aromatic rings. The van der Waals surface area contributed by atoms with Crippen molar-refractivity contribution in [3.8, 4) is 5.75 Å². The van der Waals surface area contributed by atoms with Gasteiger partial charge < -0.3 is 31.6 Å². The fraction of sp³-hybridized carbons (Fsp3) is 0.348. The summed E-state index contributed by atoms with van der Waals surface area (Å²) >= 11 is 0. The fourth-order valence-electron chi connectivity index (χ4n) is 3.69. The molecule has 1 aromatic carbocycles. The Morgan fingerprint density at radius 1 is 1.37 bits per heavy atom. The first-order chi connectivity index (χ1) is 14.2. The highest BCUT2D eigenvalue weighted by molar-refractivity contribution is 5.87. The molecule has 1 aromatic heterocycles. The molecule has 0 aliphatic carbocycles. The predicted molar refractivity (Wildman–Crippen MR) is 122 cm³/mol. The van der Waals surface area contributed by atoms with Gasteiger partial charge in [-0.25, -0.2) is 0 Å². The molecule has 1 amide bonds. The Balaban J connectivity index is 2.36. The van der Waals surface area contributed by atoms with Gasteiger partial charge >= 0.3 is 0 Å². The van der Waals surface area contributed by atoms with E-state index in [1.165, 1.54) is 11.0 Å². The van der Waals surface area contributed by atoms with E-state index in [0.717, 1.165) is 23.2 Å². The summed E-state index contributed by atoms with van der Waals surface area (Å²) in [5.74, 6) is 0.407. The zero-order valence-electron chi connectivity index (χ0n) is 17.9. The Morgan fingerprint density at radius 2 is 2.03 bits per heavy atom. The second kappa shape index (κ2) is 10.0. The first-order valence-electron chi connectivity index (χ1n) is 9.98. The lowest BCUT2D eigenvalue weighted by molar-refractivity contribution is -0.127. The number of aliphatic hydroxyl groups excluding tert-OH is 1. The van der Waals surface area contributed by atoms with Gasteiger partial charge in [-0.15, -0.1) is 0 Å². The quantitative estimate of drug-likeness (QED) is 0.405. The van der Waals surface area contributed by atoms with Crippen molar-refractivity contribution >= 4 is 23.5 Å². The molecule has 0 saturated heterocycles. The van der Waals surface area contributed by atoms with Crippen LogP contribution in [0, 0.1) is 6.92 Å². The van der Waals surface area contributed by atoms with Gasteiger partial charge in [-0.05, 0) is 49.6 Å². The molecule has 7 heteroatoms. The first kappa shape index (κ1) is 23.1. The number of hydrogen-bond acceptors (Lipinski definition) is 5. The topological polar surface area (TPSA) is 129 Å². The molecule has 162 valence electrons. The number of para-hydroxylation sites is 1. The lowest BCUT2D eigenvalue weighted by Crippen LogP contribution is -2.39. The van der Waals surface area contributed by atoms with Crippen molar-refractivity contribution in [2.75, 3.05) is 19.4 Å². The van der Waals surface area contributed by atoms with Gasteiger partial charge in [0.2, 0.25) is 5.91 Å². The number of nitrogens with one attached hydrogen (secondary N) is 1. The van der Waals surface area contributed by atoms with E-state index in [4.69, 9.17) is 11.5 Å². The molecule has 30 heavy (non-hydrogen) atoms. The van der Waals surface area contributed by atoms with E-state index in [1.807, 2.05) is 6.92 Å². The van der Waals surface area contributed by atoms with Crippen LogP contribution in [0.25, 0.3) is 11.8 Å². The number of aromatic amines is 1. The van der Waals surface area contributed by atoms with Gasteiger partial charge in [-0.1, -0.05) is 25.6 Å². The maximum Gasteiger partial charge on any atom is 0.246 e. The van der Waals surface area contributed by atoms with Crippen LogP contribution in [0.1, 0.15) is 48.1 Å². The number of nitrogens with zero attached hydrogens (tertiary/aromatic N) is 1. The largest absolute Gasteiger partial charge is 0.507 e. The van der Waals surface area contributed by atoms with Crippen LogP contribution in [0.3, 0.4) is 0 Å². The summed E-state index contributed by atoms with van der Waals surface area (Å²) in [6.45, 7) is 7.38. The number of aliphatic hydroxyl groups is 1. The van der Waals surface area contributed by atoms with E-state index in [2.05, 4.69) is 18.5 Å². The summed E-state index contributed by atoms with van der Waals surface area (Å²) in [5, 5.41) is 19.9. The minimum atomic E-state index is -0.338. The molecule has 7 N–H and O–H groups in total. The van der Waals surface area contributed by atoms with E-state index in [-0.39, 0.29) is 30.2 Å². The third-order valence-electron chi connectivity index (χ3n) is 5.62. The maximum absolute atomic E-state index is 12.0. The number of amides is 1. The van der Waals surface area contributed by atoms with Crippen LogP contribution in [0.4, 0.5) is 5.82 Å². The van der Waals surface area contributed by atoms with Crippen LogP contribution >= 0.6 is 0 Å². The number of nitrogens with two attached hydrogens (primary N) is 2. The van der Waals surface area contributed by atoms with Crippen LogP contribution in [-0.4, -0.2) is 45.7 Å². The summed E-state index contributed by atoms with van der Waals surface area (Å²) in [6, 6.07) is 6.52. The SMILES string of the molecule is C=CC(=O)N(C)C(CO)C[C@@H](CC)c1[nH]c(N)c(/C=C(\N)c2ccccc2O)c1C. The molecule has 2 atom stereocenters. The Labute approximate surface area is 177 Å². The smallest absolute Gasteiger partial charge is 0.246 e. The number of H-pyrrole nitrogens is 1. The number of phenolic OH excluding ortho intramolecular Hbond substituents is 1. The molecule has 0 bridgehead atoms. The van der Waals surface area contributed by atoms with Crippen LogP contribution in [0.15, 0.2) is 36.9 Å². The van der Waals surface area contributed by atoms with Crippen molar-refractivity contribution in [3.05, 3.63) is 59.3 Å². The highest BCUT2D eigenvalue weighted by atomic mass is 16.3. The summed E-state index contributed by atoms with van der Waals surface area (Å²) in [4.78, 5) is 16.7. The number of phenols is 1. The molecule has 0 radical (unpaired) electrons. The molecule has 0 aliphatic rings. The molecule has 1 unspecified atom stereocenters. The zero-order valence-corrected chi connectivity index (χ0v) is 17.9. The predicted octanol–water partition coefficient (Wildman–Crippen LogP) is 2.96. The molecule has 2 rings (SSSR count). The van der Waals surface area contributed by atoms with Crippen molar-refractivity contribution in [1.82, 2.24) is 9.88 Å². The van der Waals surface area contributed by atoms with Gasteiger partial charge in [-0.2, -0.15) is 0 Å². The van der Waals surface area contributed by atoms with Crippen LogP contribution in [0.2, 0.25) is 0 Å². The first-order valence-corrected chi connectivity index (χ1v) is 9.98. The lowest BCUT2D eigenvalue weighted by atomic mass is 9.90. The van der Waals surface area contributed by atoms with Crippen molar-refractivity contribution in [3.63, 3.8) is 0 Å². The molecule has 0 saturated carbocycles. The number of likely N-dealkylation sites (N-methyl/N-ethyl adjacent to an activating group) is 1. The van der Waals surface area contributed by atoms with Crippen molar-refractivity contribution in [2.45, 2.75) is 38.6 Å². The van der Waals surface area contributed by atoms with E-state index in [9.17, 15) is 15.0 Å². The number of carbonyl (C=O) groups excluding carboxylic acids is 1. The Bertz CT molecular complexity index is 933. The van der Waals surface area contributed by atoms with Gasteiger partial charge in [-0.3, -0.25) is 4.79 Å². The minimum absolute atomic E-state index is 0.0537. The lowest BCUT2D eigenvalue weighted by Gasteiger charge is -2.29. The Hall–Kier alpha value is -3.19. The monoisotopic (exact) mass is 412 g/mol. The van der Waals surface area contributed by atoms with Crippen molar-refractivity contribution in [1.29, 1.82) is 0 Å². The molecular formula is C23H32N4O3. The standard InChI is InChI=1S/C23H32N4O3/c1-5-15(11-16(13-28)27(4)21(30)6-2)22-14(3)18(23(25)26-22)12-19(24)17-9-7-8-10-20(17)29/h6-10,12,15-16,26,28-29H,2,5,11,13,24-25H2,1,3-4H3/b19-12-/t15-,16?/m1/s1. The number of aromatic nitrogens is 1.